The van der Waals surface area contributed by atoms with Gasteiger partial charge in [-0.1, -0.05) is 32.6 Å². The van der Waals surface area contributed by atoms with Crippen molar-refractivity contribution in [2.45, 2.75) is 64.2 Å². The molecule has 1 aromatic carbocycles. The Bertz CT molecular complexity index is 1010. The van der Waals surface area contributed by atoms with Crippen LogP contribution < -0.4 is 19.7 Å². The predicted molar refractivity (Wildman–Crippen MR) is 129 cm³/mol. The number of esters is 1. The first-order chi connectivity index (χ1) is 16.6. The third-order valence-electron chi connectivity index (χ3n) is 6.35. The van der Waals surface area contributed by atoms with Crippen molar-refractivity contribution in [2.75, 3.05) is 24.8 Å². The Balaban J connectivity index is 1.63. The second-order valence-corrected chi connectivity index (χ2v) is 9.71. The van der Waals surface area contributed by atoms with Crippen molar-refractivity contribution in [3.8, 4) is 11.5 Å². The number of rotatable bonds is 9. The molecule has 3 heterocycles. The van der Waals surface area contributed by atoms with Gasteiger partial charge in [-0.3, -0.25) is 4.79 Å². The molecule has 3 aliphatic heterocycles. The minimum Gasteiger partial charge on any atom is -0.460 e. The van der Waals surface area contributed by atoms with E-state index in [2.05, 4.69) is 23.4 Å². The number of nitrogens with one attached hydrogen (secondary N) is 1. The van der Waals surface area contributed by atoms with E-state index in [4.69, 9.17) is 23.7 Å². The third-order valence-corrected chi connectivity index (χ3v) is 6.35. The van der Waals surface area contributed by atoms with Gasteiger partial charge in [-0.25, -0.2) is 4.79 Å². The second kappa shape index (κ2) is 9.91. The average molecular weight is 487 g/mol. The molecule has 0 bridgehead atoms. The first-order valence-corrected chi connectivity index (χ1v) is 11.9. The molecule has 0 saturated carbocycles. The molecule has 4 rings (SSSR count). The molecular weight excluding hydrogens is 452 g/mol. The van der Waals surface area contributed by atoms with Crippen LogP contribution in [0, 0.1) is 5.92 Å². The van der Waals surface area contributed by atoms with Crippen LogP contribution in [0.4, 0.5) is 5.69 Å². The number of amides is 1. The number of nitrogens with zero attached hydrogens (tertiary/aromatic N) is 1. The minimum atomic E-state index is -0.836. The van der Waals surface area contributed by atoms with Crippen molar-refractivity contribution in [3.05, 3.63) is 43.0 Å². The number of carbonyl (C=O) groups is 2. The van der Waals surface area contributed by atoms with Gasteiger partial charge < -0.3 is 33.9 Å². The van der Waals surface area contributed by atoms with Gasteiger partial charge in [0.05, 0.1) is 6.04 Å². The molecule has 3 aliphatic rings. The molecule has 1 fully saturated rings. The van der Waals surface area contributed by atoms with Crippen molar-refractivity contribution in [2.24, 2.45) is 5.92 Å². The van der Waals surface area contributed by atoms with E-state index in [1.165, 1.54) is 6.08 Å². The molecule has 0 unspecified atom stereocenters. The van der Waals surface area contributed by atoms with Gasteiger partial charge in [0.1, 0.15) is 24.9 Å². The second-order valence-electron chi connectivity index (χ2n) is 9.71. The summed E-state index contributed by atoms with van der Waals surface area (Å²) in [6.07, 6.45) is 2.54. The molecule has 9 nitrogen and oxygen atoms in total. The van der Waals surface area contributed by atoms with Gasteiger partial charge in [0.25, 0.3) is 0 Å². The molecule has 190 valence electrons. The van der Waals surface area contributed by atoms with E-state index < -0.39 is 30.0 Å². The quantitative estimate of drug-likeness (QED) is 0.420. The summed E-state index contributed by atoms with van der Waals surface area (Å²) in [5.74, 6) is -0.459. The summed E-state index contributed by atoms with van der Waals surface area (Å²) in [6, 6.07) is 2.70. The van der Waals surface area contributed by atoms with E-state index in [0.29, 0.717) is 18.0 Å². The Hall–Kier alpha value is -3.04. The maximum Gasteiger partial charge on any atom is 0.329 e. The SMILES string of the molecule is C=CCOC(=O)[C@@H](NC(=O)C[C@H]1[C@@H]2OC(C)(C)O[C@H]2c2cc3c(cc2N1CC=C)OCO3)C(C)C. The van der Waals surface area contributed by atoms with Crippen LogP contribution in [0.25, 0.3) is 0 Å². The number of hydrogen-bond acceptors (Lipinski definition) is 8. The fourth-order valence-corrected chi connectivity index (χ4v) is 4.84. The Labute approximate surface area is 206 Å². The highest BCUT2D eigenvalue weighted by molar-refractivity contribution is 5.85. The lowest BCUT2D eigenvalue weighted by Crippen LogP contribution is -2.53. The topological polar surface area (TPSA) is 95.6 Å². The number of anilines is 1. The van der Waals surface area contributed by atoms with Gasteiger partial charge in [0, 0.05) is 30.3 Å². The highest BCUT2D eigenvalue weighted by atomic mass is 16.8. The molecule has 1 amide bonds. The number of carbonyl (C=O) groups excluding carboxylic acids is 2. The Kier molecular flexibility index (Phi) is 7.10. The summed E-state index contributed by atoms with van der Waals surface area (Å²) in [5.41, 5.74) is 1.79. The summed E-state index contributed by atoms with van der Waals surface area (Å²) in [4.78, 5) is 27.8. The molecule has 1 saturated heterocycles. The van der Waals surface area contributed by atoms with E-state index >= 15 is 0 Å². The minimum absolute atomic E-state index is 0.0836. The summed E-state index contributed by atoms with van der Waals surface area (Å²) in [7, 11) is 0. The van der Waals surface area contributed by atoms with Gasteiger partial charge in [0.15, 0.2) is 17.3 Å². The molecular formula is C26H34N2O7. The Morgan fingerprint density at radius 1 is 1.20 bits per heavy atom. The molecule has 1 N–H and O–H groups in total. The lowest BCUT2D eigenvalue weighted by atomic mass is 9.88. The van der Waals surface area contributed by atoms with Gasteiger partial charge in [-0.15, -0.1) is 6.58 Å². The smallest absolute Gasteiger partial charge is 0.329 e. The van der Waals surface area contributed by atoms with Gasteiger partial charge in [-0.05, 0) is 25.8 Å². The lowest BCUT2D eigenvalue weighted by Gasteiger charge is -2.43. The first-order valence-electron chi connectivity index (χ1n) is 11.9. The van der Waals surface area contributed by atoms with E-state index in [9.17, 15) is 9.59 Å². The fraction of sp³-hybridized carbons (Fsp3) is 0.538. The molecule has 35 heavy (non-hydrogen) atoms. The molecule has 1 aromatic rings. The van der Waals surface area contributed by atoms with Crippen LogP contribution in [-0.4, -0.2) is 55.8 Å². The number of fused-ring (bicyclic) bond motifs is 4. The monoisotopic (exact) mass is 486 g/mol. The highest BCUT2D eigenvalue weighted by Crippen LogP contribution is 2.52. The van der Waals surface area contributed by atoms with Crippen LogP contribution in [0.15, 0.2) is 37.4 Å². The van der Waals surface area contributed by atoms with Crippen molar-refractivity contribution in [1.29, 1.82) is 0 Å². The number of hydrogen-bond donors (Lipinski definition) is 1. The fourth-order valence-electron chi connectivity index (χ4n) is 4.84. The van der Waals surface area contributed by atoms with E-state index in [-0.39, 0.29) is 37.7 Å². The van der Waals surface area contributed by atoms with Crippen LogP contribution in [-0.2, 0) is 23.8 Å². The zero-order valence-electron chi connectivity index (χ0n) is 20.7. The van der Waals surface area contributed by atoms with Crippen molar-refractivity contribution in [1.82, 2.24) is 5.32 Å². The zero-order chi connectivity index (χ0) is 25.3. The Morgan fingerprint density at radius 3 is 2.57 bits per heavy atom. The van der Waals surface area contributed by atoms with Gasteiger partial charge in [0.2, 0.25) is 12.7 Å². The maximum absolute atomic E-state index is 13.3. The van der Waals surface area contributed by atoms with Crippen LogP contribution in [0.1, 0.15) is 45.8 Å². The maximum atomic E-state index is 13.3. The number of benzene rings is 1. The van der Waals surface area contributed by atoms with E-state index in [0.717, 1.165) is 11.3 Å². The van der Waals surface area contributed by atoms with E-state index in [1.807, 2.05) is 39.8 Å². The van der Waals surface area contributed by atoms with E-state index in [1.54, 1.807) is 6.08 Å². The molecule has 0 aromatic heterocycles. The number of ether oxygens (including phenoxy) is 5. The molecule has 0 aliphatic carbocycles. The van der Waals surface area contributed by atoms with Crippen LogP contribution >= 0.6 is 0 Å². The van der Waals surface area contributed by atoms with Crippen molar-refractivity contribution >= 4 is 17.6 Å². The largest absolute Gasteiger partial charge is 0.460 e. The van der Waals surface area contributed by atoms with Crippen molar-refractivity contribution < 1.29 is 33.3 Å². The molecule has 0 spiro atoms. The summed E-state index contributed by atoms with van der Waals surface area (Å²) in [5, 5.41) is 2.86. The van der Waals surface area contributed by atoms with Gasteiger partial charge >= 0.3 is 5.97 Å². The molecule has 0 radical (unpaired) electrons. The first kappa shape index (κ1) is 25.1. The lowest BCUT2D eigenvalue weighted by molar-refractivity contribution is -0.149. The van der Waals surface area contributed by atoms with Crippen molar-refractivity contribution in [3.63, 3.8) is 0 Å². The third kappa shape index (κ3) is 5.01. The average Bonchev–Trinajstić information content (AvgIpc) is 3.39. The van der Waals surface area contributed by atoms with Gasteiger partial charge in [-0.2, -0.15) is 0 Å². The van der Waals surface area contributed by atoms with Crippen LogP contribution in [0.3, 0.4) is 0 Å². The summed E-state index contributed by atoms with van der Waals surface area (Å²) < 4.78 is 29.0. The standard InChI is InChI=1S/C26H34N2O7/c1-7-9-28-17-12-20-19(32-14-33-20)11-16(17)23-24(35-26(5,6)34-23)18(28)13-21(29)27-22(15(3)4)25(30)31-10-8-2/h7-8,11-12,15,18,22-24H,1-2,9-10,13-14H2,3-6H3,(H,27,29)/t18-,22-,23-,24-/m0/s1. The summed E-state index contributed by atoms with van der Waals surface area (Å²) >= 11 is 0. The Morgan fingerprint density at radius 2 is 1.91 bits per heavy atom. The molecule has 9 heteroatoms. The highest BCUT2D eigenvalue weighted by Gasteiger charge is 2.52. The predicted octanol–water partition coefficient (Wildman–Crippen LogP) is 3.24. The van der Waals surface area contributed by atoms with Crippen LogP contribution in [0.5, 0.6) is 11.5 Å². The normalized spacial score (nSPS) is 24.4. The zero-order valence-corrected chi connectivity index (χ0v) is 20.7. The van der Waals surface area contributed by atoms with Crippen LogP contribution in [0.2, 0.25) is 0 Å². The molecule has 4 atom stereocenters. The summed E-state index contributed by atoms with van der Waals surface area (Å²) in [6.45, 7) is 15.6.